The Morgan fingerprint density at radius 3 is 2.54 bits per heavy atom. The topological polar surface area (TPSA) is 117 Å². The van der Waals surface area contributed by atoms with Gasteiger partial charge in [0.25, 0.3) is 0 Å². The molecule has 1 aromatic heterocycles. The lowest BCUT2D eigenvalue weighted by molar-refractivity contribution is -0.286. The summed E-state index contributed by atoms with van der Waals surface area (Å²) in [6.45, 7) is 5.82. The van der Waals surface area contributed by atoms with Crippen LogP contribution in [0.25, 0.3) is 10.9 Å². The maximum Gasteiger partial charge on any atom is 0.586 e. The molecule has 1 amide bonds. The van der Waals surface area contributed by atoms with Crippen LogP contribution in [0.2, 0.25) is 0 Å². The number of hydrogen-bond donors (Lipinski definition) is 3. The van der Waals surface area contributed by atoms with Crippen LogP contribution in [0.5, 0.6) is 11.5 Å². The van der Waals surface area contributed by atoms with Crippen molar-refractivity contribution in [3.8, 4) is 17.6 Å². The van der Waals surface area contributed by atoms with Crippen LogP contribution < -0.4 is 14.8 Å². The average Bonchev–Trinajstić information content (AvgIpc) is 3.47. The molecule has 1 aliphatic carbocycles. The van der Waals surface area contributed by atoms with E-state index in [0.717, 1.165) is 11.1 Å². The quantitative estimate of drug-likeness (QED) is 0.415. The number of nitrogens with one attached hydrogen (secondary N) is 1. The first-order valence-corrected chi connectivity index (χ1v) is 12.0. The molecule has 0 radical (unpaired) electrons. The second-order valence-electron chi connectivity index (χ2n) is 10.7. The van der Waals surface area contributed by atoms with Gasteiger partial charge < -0.3 is 29.6 Å². The standard InChI is InChI=1S/C27H27F2N3O5.4H2/c1-25(2,3)23-10-15-8-19(16(12-30)9-20(15)32(23)13-18(34)14-33)31-24(35)26(6-7-26)17-4-5-21-22(11-17)37-27(28,29)36-21;;;;/h4-5,8-11,18,33-34H,6-7,13-14H2,1-3H3,(H,31,35);4*1H/t18-;;;;/m1..../s1. The van der Waals surface area contributed by atoms with Gasteiger partial charge in [-0.2, -0.15) is 5.26 Å². The number of ether oxygens (including phenoxy) is 2. The van der Waals surface area contributed by atoms with E-state index in [2.05, 4.69) is 20.9 Å². The van der Waals surface area contributed by atoms with Crippen LogP contribution >= 0.6 is 0 Å². The molecule has 8 nitrogen and oxygen atoms in total. The second kappa shape index (κ2) is 8.43. The van der Waals surface area contributed by atoms with Crippen molar-refractivity contribution >= 4 is 22.5 Å². The summed E-state index contributed by atoms with van der Waals surface area (Å²) in [5, 5.41) is 33.0. The molecular weight excluding hydrogens is 484 g/mol. The molecule has 1 aliphatic heterocycles. The maximum absolute atomic E-state index is 13.4. The fourth-order valence-corrected chi connectivity index (χ4v) is 4.85. The van der Waals surface area contributed by atoms with E-state index in [-0.39, 0.29) is 40.6 Å². The normalized spacial score (nSPS) is 17.9. The Morgan fingerprint density at radius 2 is 1.92 bits per heavy atom. The predicted molar refractivity (Wildman–Crippen MR) is 139 cm³/mol. The summed E-state index contributed by atoms with van der Waals surface area (Å²) in [7, 11) is 0. The summed E-state index contributed by atoms with van der Waals surface area (Å²) >= 11 is 0. The number of aromatic nitrogens is 1. The van der Waals surface area contributed by atoms with Crippen LogP contribution in [0.1, 0.15) is 56.1 Å². The van der Waals surface area contributed by atoms with E-state index < -0.39 is 24.4 Å². The third-order valence-electron chi connectivity index (χ3n) is 6.92. The van der Waals surface area contributed by atoms with Gasteiger partial charge >= 0.3 is 6.29 Å². The van der Waals surface area contributed by atoms with Crippen molar-refractivity contribution in [1.29, 1.82) is 5.26 Å². The second-order valence-corrected chi connectivity index (χ2v) is 10.7. The number of aliphatic hydroxyl groups is 2. The van der Waals surface area contributed by atoms with Crippen molar-refractivity contribution in [3.05, 3.63) is 53.2 Å². The maximum atomic E-state index is 13.4. The van der Waals surface area contributed by atoms with Crippen LogP contribution in [0.15, 0.2) is 36.4 Å². The fraction of sp³-hybridized carbons (Fsp3) is 0.407. The molecule has 3 N–H and O–H groups in total. The molecule has 2 aliphatic rings. The SMILES string of the molecule is CC(C)(C)c1cc2cc(NC(=O)C3(c4ccc5c(c4)OC(F)(F)O5)CC3)c(C#N)cc2n1C[C@@H](O)CO.[HH].[HH].[HH].[HH]. The van der Waals surface area contributed by atoms with E-state index >= 15 is 0 Å². The third kappa shape index (κ3) is 4.38. The third-order valence-corrected chi connectivity index (χ3v) is 6.92. The number of aliphatic hydroxyl groups excluding tert-OH is 2. The molecule has 1 saturated carbocycles. The Hall–Kier alpha value is -3.68. The van der Waals surface area contributed by atoms with Gasteiger partial charge in [0.05, 0.1) is 35.9 Å². The van der Waals surface area contributed by atoms with Crippen molar-refractivity contribution in [1.82, 2.24) is 4.57 Å². The number of hydrogen-bond acceptors (Lipinski definition) is 6. The minimum Gasteiger partial charge on any atom is -0.395 e. The highest BCUT2D eigenvalue weighted by atomic mass is 19.3. The minimum absolute atomic E-state index is 0. The molecule has 202 valence electrons. The Morgan fingerprint density at radius 1 is 1.22 bits per heavy atom. The van der Waals surface area contributed by atoms with Crippen molar-refractivity contribution in [3.63, 3.8) is 0 Å². The first-order valence-electron chi connectivity index (χ1n) is 12.0. The zero-order valence-electron chi connectivity index (χ0n) is 20.6. The number of alkyl halides is 2. The summed E-state index contributed by atoms with van der Waals surface area (Å²) in [5.74, 6) is -0.561. The van der Waals surface area contributed by atoms with E-state index in [1.54, 1.807) is 18.2 Å². The van der Waals surface area contributed by atoms with Gasteiger partial charge in [-0.05, 0) is 48.7 Å². The van der Waals surface area contributed by atoms with Gasteiger partial charge in [0.15, 0.2) is 11.5 Å². The van der Waals surface area contributed by atoms with Crippen LogP contribution in [-0.4, -0.2) is 39.7 Å². The molecule has 5 rings (SSSR count). The Balaban J connectivity index is 0.00000210. The zero-order chi connectivity index (χ0) is 26.8. The van der Waals surface area contributed by atoms with Crippen molar-refractivity contribution < 1.29 is 39.0 Å². The van der Waals surface area contributed by atoms with Gasteiger partial charge in [-0.1, -0.05) is 26.8 Å². The number of anilines is 1. The number of nitriles is 1. The van der Waals surface area contributed by atoms with Crippen molar-refractivity contribution in [2.45, 2.75) is 63.4 Å². The molecule has 0 unspecified atom stereocenters. The molecule has 1 atom stereocenters. The van der Waals surface area contributed by atoms with Crippen LogP contribution in [0, 0.1) is 11.3 Å². The number of amides is 1. The Kier molecular flexibility index (Phi) is 5.69. The fourth-order valence-electron chi connectivity index (χ4n) is 4.85. The summed E-state index contributed by atoms with van der Waals surface area (Å²) in [6, 6.07) is 11.8. The number of halogens is 2. The molecule has 2 aromatic carbocycles. The molecule has 1 fully saturated rings. The highest BCUT2D eigenvalue weighted by molar-refractivity contribution is 6.04. The summed E-state index contributed by atoms with van der Waals surface area (Å²) in [6.07, 6.45) is -3.68. The monoisotopic (exact) mass is 519 g/mol. The van der Waals surface area contributed by atoms with Gasteiger partial charge in [0, 0.05) is 27.7 Å². The molecule has 3 aromatic rings. The molecule has 2 heterocycles. The van der Waals surface area contributed by atoms with Gasteiger partial charge in [-0.15, -0.1) is 8.78 Å². The van der Waals surface area contributed by atoms with Gasteiger partial charge in [0.1, 0.15) is 6.07 Å². The Labute approximate surface area is 218 Å². The highest BCUT2D eigenvalue weighted by Gasteiger charge is 2.53. The molecule has 0 saturated heterocycles. The largest absolute Gasteiger partial charge is 0.586 e. The van der Waals surface area contributed by atoms with Crippen molar-refractivity contribution in [2.24, 2.45) is 0 Å². The van der Waals surface area contributed by atoms with Crippen LogP contribution in [0.4, 0.5) is 14.5 Å². The number of rotatable bonds is 6. The molecule has 0 spiro atoms. The number of carbonyl (C=O) groups is 1. The lowest BCUT2D eigenvalue weighted by Gasteiger charge is -2.23. The molecule has 37 heavy (non-hydrogen) atoms. The number of benzene rings is 2. The molecule has 10 heteroatoms. The summed E-state index contributed by atoms with van der Waals surface area (Å²) in [5.41, 5.74) is 1.48. The van der Waals surface area contributed by atoms with Gasteiger partial charge in [-0.25, -0.2) is 0 Å². The van der Waals surface area contributed by atoms with E-state index in [1.807, 2.05) is 31.4 Å². The highest BCUT2D eigenvalue weighted by Crippen LogP contribution is 2.52. The lowest BCUT2D eigenvalue weighted by Crippen LogP contribution is -2.28. The zero-order valence-corrected chi connectivity index (χ0v) is 20.6. The van der Waals surface area contributed by atoms with Crippen molar-refractivity contribution in [2.75, 3.05) is 11.9 Å². The average molecular weight is 520 g/mol. The minimum atomic E-state index is -3.74. The van der Waals surface area contributed by atoms with Crippen LogP contribution in [-0.2, 0) is 22.2 Å². The molecule has 0 bridgehead atoms. The van der Waals surface area contributed by atoms with E-state index in [9.17, 15) is 29.1 Å². The molecular formula is C27H35F2N3O5. The lowest BCUT2D eigenvalue weighted by atomic mass is 9.92. The smallest absolute Gasteiger partial charge is 0.395 e. The first kappa shape index (κ1) is 25.0. The predicted octanol–water partition coefficient (Wildman–Crippen LogP) is 5.14. The number of carbonyl (C=O) groups excluding carboxylic acids is 1. The summed E-state index contributed by atoms with van der Waals surface area (Å²) < 4.78 is 37.8. The van der Waals surface area contributed by atoms with E-state index in [1.165, 1.54) is 12.1 Å². The first-order chi connectivity index (χ1) is 17.4. The van der Waals surface area contributed by atoms with Gasteiger partial charge in [0.2, 0.25) is 5.91 Å². The van der Waals surface area contributed by atoms with Crippen LogP contribution in [0.3, 0.4) is 0 Å². The number of fused-ring (bicyclic) bond motifs is 2. The number of nitrogens with zero attached hydrogens (tertiary/aromatic N) is 2. The van der Waals surface area contributed by atoms with E-state index in [4.69, 9.17) is 0 Å². The van der Waals surface area contributed by atoms with E-state index in [0.29, 0.717) is 29.6 Å². The Bertz CT molecular complexity index is 1470. The van der Waals surface area contributed by atoms with Gasteiger partial charge in [-0.3, -0.25) is 4.79 Å². The summed E-state index contributed by atoms with van der Waals surface area (Å²) in [4.78, 5) is 13.4.